The Balaban J connectivity index is 2.05. The highest BCUT2D eigenvalue weighted by Crippen LogP contribution is 2.36. The molecule has 18 heavy (non-hydrogen) atoms. The van der Waals surface area contributed by atoms with Crippen LogP contribution in [0.25, 0.3) is 0 Å². The lowest BCUT2D eigenvalue weighted by Crippen LogP contribution is -2.54. The molecule has 3 atom stereocenters. The molecule has 104 valence electrons. The van der Waals surface area contributed by atoms with Crippen molar-refractivity contribution in [2.75, 3.05) is 6.54 Å². The lowest BCUT2D eigenvalue weighted by molar-refractivity contribution is -0.0415. The number of hydrogen-bond donors (Lipinski definition) is 1. The van der Waals surface area contributed by atoms with E-state index >= 15 is 0 Å². The third-order valence-electron chi connectivity index (χ3n) is 3.95. The van der Waals surface area contributed by atoms with Crippen LogP contribution in [0.4, 0.5) is 4.79 Å². The molecule has 4 heteroatoms. The van der Waals surface area contributed by atoms with Gasteiger partial charge < -0.3 is 14.7 Å². The van der Waals surface area contributed by atoms with Crippen molar-refractivity contribution in [3.8, 4) is 0 Å². The van der Waals surface area contributed by atoms with Gasteiger partial charge in [0, 0.05) is 18.5 Å². The first kappa shape index (κ1) is 13.7. The minimum Gasteiger partial charge on any atom is -0.444 e. The fourth-order valence-corrected chi connectivity index (χ4v) is 3.20. The predicted octanol–water partition coefficient (Wildman–Crippen LogP) is 2.55. The molecule has 0 radical (unpaired) electrons. The van der Waals surface area contributed by atoms with Crippen LogP contribution < -0.4 is 0 Å². The second-order valence-electron chi connectivity index (χ2n) is 6.55. The molecule has 1 heterocycles. The van der Waals surface area contributed by atoms with Crippen LogP contribution in [0.3, 0.4) is 0 Å². The number of ether oxygens (including phenoxy) is 1. The Kier molecular flexibility index (Phi) is 3.85. The van der Waals surface area contributed by atoms with E-state index in [9.17, 15) is 9.90 Å². The van der Waals surface area contributed by atoms with E-state index < -0.39 is 5.60 Å². The molecular formula is C14H25NO3. The number of likely N-dealkylation sites (tertiary alicyclic amines) is 1. The number of rotatable bonds is 0. The van der Waals surface area contributed by atoms with Crippen molar-refractivity contribution in [2.45, 2.75) is 70.6 Å². The van der Waals surface area contributed by atoms with Gasteiger partial charge in [0.1, 0.15) is 5.60 Å². The second-order valence-corrected chi connectivity index (χ2v) is 6.55. The molecule has 1 aliphatic heterocycles. The van der Waals surface area contributed by atoms with E-state index in [2.05, 4.69) is 0 Å². The summed E-state index contributed by atoms with van der Waals surface area (Å²) in [5.74, 6) is 0.250. The van der Waals surface area contributed by atoms with Crippen molar-refractivity contribution < 1.29 is 14.6 Å². The minimum absolute atomic E-state index is 0.178. The number of piperidine rings is 1. The van der Waals surface area contributed by atoms with Gasteiger partial charge in [-0.3, -0.25) is 0 Å². The maximum Gasteiger partial charge on any atom is 0.410 e. The first-order valence-corrected chi connectivity index (χ1v) is 7.06. The first-order chi connectivity index (χ1) is 8.38. The molecule has 1 saturated carbocycles. The molecule has 2 rings (SSSR count). The molecule has 0 unspecified atom stereocenters. The van der Waals surface area contributed by atoms with Crippen LogP contribution in [0.2, 0.25) is 0 Å². The van der Waals surface area contributed by atoms with Gasteiger partial charge in [-0.05, 0) is 52.9 Å². The zero-order chi connectivity index (χ0) is 13.3. The molecule has 1 saturated heterocycles. The Bertz CT molecular complexity index is 311. The Hall–Kier alpha value is -0.770. The summed E-state index contributed by atoms with van der Waals surface area (Å²) in [4.78, 5) is 14.0. The molecule has 0 spiro atoms. The fraction of sp³-hybridized carbons (Fsp3) is 0.929. The zero-order valence-electron chi connectivity index (χ0n) is 11.7. The smallest absolute Gasteiger partial charge is 0.410 e. The van der Waals surface area contributed by atoms with Crippen LogP contribution in [0, 0.1) is 5.92 Å². The molecule has 0 aromatic heterocycles. The molecule has 1 aliphatic carbocycles. The summed E-state index contributed by atoms with van der Waals surface area (Å²) in [6.07, 6.45) is 4.43. The standard InChI is InChI=1S/C14H25NO3/c1-14(2,3)18-13(17)15-9-5-6-10-11(15)7-4-8-12(10)16/h10-12,16H,4-9H2,1-3H3/t10-,11-,12+/m1/s1. The van der Waals surface area contributed by atoms with Crippen molar-refractivity contribution in [3.05, 3.63) is 0 Å². The van der Waals surface area contributed by atoms with E-state index in [1.807, 2.05) is 25.7 Å². The summed E-state index contributed by atoms with van der Waals surface area (Å²) in [6.45, 7) is 6.44. The van der Waals surface area contributed by atoms with Gasteiger partial charge >= 0.3 is 6.09 Å². The third kappa shape index (κ3) is 2.97. The summed E-state index contributed by atoms with van der Waals surface area (Å²) in [5.41, 5.74) is -0.447. The van der Waals surface area contributed by atoms with Crippen LogP contribution in [-0.2, 0) is 4.74 Å². The quantitative estimate of drug-likeness (QED) is 0.723. The number of carbonyl (C=O) groups is 1. The van der Waals surface area contributed by atoms with Gasteiger partial charge in [0.05, 0.1) is 6.10 Å². The van der Waals surface area contributed by atoms with E-state index in [0.717, 1.165) is 38.6 Å². The van der Waals surface area contributed by atoms with Crippen LogP contribution >= 0.6 is 0 Å². The van der Waals surface area contributed by atoms with Crippen LogP contribution in [0.15, 0.2) is 0 Å². The van der Waals surface area contributed by atoms with Gasteiger partial charge in [0.2, 0.25) is 0 Å². The van der Waals surface area contributed by atoms with Gasteiger partial charge in [-0.25, -0.2) is 4.79 Å². The van der Waals surface area contributed by atoms with Gasteiger partial charge in [0.15, 0.2) is 0 Å². The maximum absolute atomic E-state index is 12.2. The second kappa shape index (κ2) is 5.08. The largest absolute Gasteiger partial charge is 0.444 e. The van der Waals surface area contributed by atoms with Crippen molar-refractivity contribution in [1.29, 1.82) is 0 Å². The SMILES string of the molecule is CC(C)(C)OC(=O)N1CCC[C@@H]2[C@H]1CCC[C@@H]2O. The van der Waals surface area contributed by atoms with Crippen molar-refractivity contribution in [1.82, 2.24) is 4.90 Å². The van der Waals surface area contributed by atoms with Crippen LogP contribution in [-0.4, -0.2) is 40.4 Å². The van der Waals surface area contributed by atoms with Gasteiger partial charge in [-0.15, -0.1) is 0 Å². The van der Waals surface area contributed by atoms with Crippen LogP contribution in [0.1, 0.15) is 52.9 Å². The zero-order valence-corrected chi connectivity index (χ0v) is 11.7. The third-order valence-corrected chi connectivity index (χ3v) is 3.95. The minimum atomic E-state index is -0.447. The van der Waals surface area contributed by atoms with Crippen LogP contribution in [0.5, 0.6) is 0 Å². The van der Waals surface area contributed by atoms with E-state index in [1.165, 1.54) is 0 Å². The maximum atomic E-state index is 12.2. The van der Waals surface area contributed by atoms with E-state index in [-0.39, 0.29) is 24.2 Å². The number of fused-ring (bicyclic) bond motifs is 1. The van der Waals surface area contributed by atoms with Gasteiger partial charge in [0.25, 0.3) is 0 Å². The summed E-state index contributed by atoms with van der Waals surface area (Å²) in [6, 6.07) is 0.178. The average Bonchev–Trinajstić information content (AvgIpc) is 2.26. The lowest BCUT2D eigenvalue weighted by Gasteiger charge is -2.46. The molecular weight excluding hydrogens is 230 g/mol. The summed E-state index contributed by atoms with van der Waals surface area (Å²) < 4.78 is 5.47. The highest BCUT2D eigenvalue weighted by molar-refractivity contribution is 5.68. The average molecular weight is 255 g/mol. The molecule has 2 aliphatic rings. The molecule has 2 fully saturated rings. The normalized spacial score (nSPS) is 32.9. The van der Waals surface area contributed by atoms with Crippen molar-refractivity contribution in [2.24, 2.45) is 5.92 Å². The molecule has 4 nitrogen and oxygen atoms in total. The van der Waals surface area contributed by atoms with Gasteiger partial charge in [-0.2, -0.15) is 0 Å². The number of amides is 1. The number of hydrogen-bond acceptors (Lipinski definition) is 3. The Labute approximate surface area is 109 Å². The first-order valence-electron chi connectivity index (χ1n) is 7.06. The molecule has 0 aromatic carbocycles. The molecule has 0 bridgehead atoms. The molecule has 1 amide bonds. The number of aliphatic hydroxyl groups excluding tert-OH is 1. The summed E-state index contributed by atoms with van der Waals surface area (Å²) in [5, 5.41) is 10.1. The Morgan fingerprint density at radius 1 is 1.22 bits per heavy atom. The number of carbonyl (C=O) groups excluding carboxylic acids is 1. The highest BCUT2D eigenvalue weighted by Gasteiger charge is 2.41. The Morgan fingerprint density at radius 2 is 1.94 bits per heavy atom. The van der Waals surface area contributed by atoms with E-state index in [1.54, 1.807) is 0 Å². The summed E-state index contributed by atoms with van der Waals surface area (Å²) >= 11 is 0. The number of nitrogens with zero attached hydrogens (tertiary/aromatic N) is 1. The molecule has 1 N–H and O–H groups in total. The summed E-state index contributed by atoms with van der Waals surface area (Å²) in [7, 11) is 0. The Morgan fingerprint density at radius 3 is 2.61 bits per heavy atom. The number of aliphatic hydroxyl groups is 1. The topological polar surface area (TPSA) is 49.8 Å². The predicted molar refractivity (Wildman–Crippen MR) is 69.3 cm³/mol. The monoisotopic (exact) mass is 255 g/mol. The van der Waals surface area contributed by atoms with Crippen molar-refractivity contribution >= 4 is 6.09 Å². The fourth-order valence-electron chi connectivity index (χ4n) is 3.20. The van der Waals surface area contributed by atoms with Crippen molar-refractivity contribution in [3.63, 3.8) is 0 Å². The van der Waals surface area contributed by atoms with E-state index in [4.69, 9.17) is 4.74 Å². The van der Waals surface area contributed by atoms with E-state index in [0.29, 0.717) is 0 Å². The lowest BCUT2D eigenvalue weighted by atomic mass is 9.76. The highest BCUT2D eigenvalue weighted by atomic mass is 16.6. The van der Waals surface area contributed by atoms with Gasteiger partial charge in [-0.1, -0.05) is 0 Å². The molecule has 0 aromatic rings.